The van der Waals surface area contributed by atoms with Crippen molar-refractivity contribution < 1.29 is 14.6 Å². The first-order valence-corrected chi connectivity index (χ1v) is 8.81. The first-order valence-electron chi connectivity index (χ1n) is 8.81. The molecule has 2 heterocycles. The molecule has 2 atom stereocenters. The number of aliphatic hydroxyl groups is 1. The fourth-order valence-electron chi connectivity index (χ4n) is 4.30. The van der Waals surface area contributed by atoms with E-state index in [9.17, 15) is 9.90 Å². The lowest BCUT2D eigenvalue weighted by Gasteiger charge is -2.56. The van der Waals surface area contributed by atoms with Crippen LogP contribution in [0.5, 0.6) is 0 Å². The standard InChI is InChI=1S/C19H24N2O3/c1-2-24-17-12-16(22)19(17)7-9-21(10-8-19)18(23)15-11-13-5-3-4-6-14(13)20-15/h3-6,11,16-17,20,22H,2,7-10,12H2,1H3/t16-,17+/m0/s1. The minimum absolute atomic E-state index is 0.0443. The molecule has 1 aliphatic heterocycles. The summed E-state index contributed by atoms with van der Waals surface area (Å²) in [7, 11) is 0. The van der Waals surface area contributed by atoms with Gasteiger partial charge in [-0.2, -0.15) is 0 Å². The molecule has 1 aromatic carbocycles. The fourth-order valence-corrected chi connectivity index (χ4v) is 4.30. The van der Waals surface area contributed by atoms with Gasteiger partial charge in [0.25, 0.3) is 5.91 Å². The number of aliphatic hydroxyl groups excluding tert-OH is 1. The summed E-state index contributed by atoms with van der Waals surface area (Å²) in [5.74, 6) is 0.0443. The van der Waals surface area contributed by atoms with Crippen molar-refractivity contribution in [2.75, 3.05) is 19.7 Å². The average Bonchev–Trinajstić information content (AvgIpc) is 3.05. The molecule has 0 unspecified atom stereocenters. The van der Waals surface area contributed by atoms with E-state index in [2.05, 4.69) is 4.98 Å². The van der Waals surface area contributed by atoms with E-state index < -0.39 is 0 Å². The van der Waals surface area contributed by atoms with Crippen LogP contribution in [-0.4, -0.2) is 52.8 Å². The summed E-state index contributed by atoms with van der Waals surface area (Å²) in [6.45, 7) is 4.02. The van der Waals surface area contributed by atoms with Gasteiger partial charge in [0.2, 0.25) is 0 Å². The van der Waals surface area contributed by atoms with Gasteiger partial charge >= 0.3 is 0 Å². The van der Waals surface area contributed by atoms with Gasteiger partial charge in [0.1, 0.15) is 5.69 Å². The van der Waals surface area contributed by atoms with Crippen molar-refractivity contribution >= 4 is 16.8 Å². The van der Waals surface area contributed by atoms with Crippen molar-refractivity contribution in [2.45, 2.75) is 38.4 Å². The lowest BCUT2D eigenvalue weighted by atomic mass is 9.58. The zero-order valence-electron chi connectivity index (χ0n) is 14.0. The van der Waals surface area contributed by atoms with Crippen molar-refractivity contribution in [1.82, 2.24) is 9.88 Å². The molecule has 128 valence electrons. The van der Waals surface area contributed by atoms with Gasteiger partial charge in [0.05, 0.1) is 12.2 Å². The van der Waals surface area contributed by atoms with Crippen LogP contribution >= 0.6 is 0 Å². The number of benzene rings is 1. The monoisotopic (exact) mass is 328 g/mol. The van der Waals surface area contributed by atoms with Crippen molar-refractivity contribution in [3.8, 4) is 0 Å². The smallest absolute Gasteiger partial charge is 0.270 e. The molecule has 1 aliphatic carbocycles. The van der Waals surface area contributed by atoms with Crippen molar-refractivity contribution in [3.05, 3.63) is 36.0 Å². The number of nitrogens with one attached hydrogen (secondary N) is 1. The molecule has 1 spiro atoms. The number of aromatic amines is 1. The number of likely N-dealkylation sites (tertiary alicyclic amines) is 1. The van der Waals surface area contributed by atoms with Gasteiger partial charge in [-0.05, 0) is 31.9 Å². The number of aromatic nitrogens is 1. The van der Waals surface area contributed by atoms with Crippen molar-refractivity contribution in [3.63, 3.8) is 0 Å². The van der Waals surface area contributed by atoms with E-state index in [0.29, 0.717) is 25.4 Å². The van der Waals surface area contributed by atoms with Crippen molar-refractivity contribution in [1.29, 1.82) is 0 Å². The van der Waals surface area contributed by atoms with Crippen LogP contribution < -0.4 is 0 Å². The molecule has 2 aromatic rings. The molecular formula is C19H24N2O3. The Morgan fingerprint density at radius 3 is 2.79 bits per heavy atom. The Morgan fingerprint density at radius 2 is 2.12 bits per heavy atom. The topological polar surface area (TPSA) is 65.6 Å². The third-order valence-corrected chi connectivity index (χ3v) is 5.85. The number of rotatable bonds is 3. The molecule has 1 saturated heterocycles. The number of hydrogen-bond donors (Lipinski definition) is 2. The maximum absolute atomic E-state index is 12.8. The Bertz CT molecular complexity index is 711. The highest BCUT2D eigenvalue weighted by Gasteiger charge is 2.56. The van der Waals surface area contributed by atoms with Crippen LogP contribution in [0.15, 0.2) is 30.3 Å². The molecule has 2 N–H and O–H groups in total. The number of para-hydroxylation sites is 1. The number of ether oxygens (including phenoxy) is 1. The molecule has 2 fully saturated rings. The van der Waals surface area contributed by atoms with Gasteiger partial charge in [-0.3, -0.25) is 4.79 Å². The van der Waals surface area contributed by atoms with Gasteiger partial charge < -0.3 is 19.7 Å². The lowest BCUT2D eigenvalue weighted by Crippen LogP contribution is -2.62. The summed E-state index contributed by atoms with van der Waals surface area (Å²) in [5, 5.41) is 11.3. The molecule has 5 nitrogen and oxygen atoms in total. The highest BCUT2D eigenvalue weighted by atomic mass is 16.5. The van der Waals surface area contributed by atoms with Crippen LogP contribution in [0, 0.1) is 5.41 Å². The van der Waals surface area contributed by atoms with Crippen LogP contribution in [0.4, 0.5) is 0 Å². The van der Waals surface area contributed by atoms with Crippen LogP contribution in [0.2, 0.25) is 0 Å². The molecule has 2 aliphatic rings. The Kier molecular flexibility index (Phi) is 3.85. The number of amides is 1. The number of hydrogen-bond acceptors (Lipinski definition) is 3. The molecule has 0 bridgehead atoms. The van der Waals surface area contributed by atoms with E-state index in [-0.39, 0.29) is 23.5 Å². The van der Waals surface area contributed by atoms with Crippen LogP contribution in [-0.2, 0) is 4.74 Å². The summed E-state index contributed by atoms with van der Waals surface area (Å²) < 4.78 is 5.79. The molecule has 1 aromatic heterocycles. The van der Waals surface area contributed by atoms with Gasteiger partial charge in [-0.1, -0.05) is 18.2 Å². The van der Waals surface area contributed by atoms with E-state index in [1.807, 2.05) is 42.2 Å². The molecule has 5 heteroatoms. The maximum atomic E-state index is 12.8. The molecule has 0 radical (unpaired) electrons. The van der Waals surface area contributed by atoms with E-state index in [1.54, 1.807) is 0 Å². The SMILES string of the molecule is CCO[C@@H]1C[C@H](O)C12CCN(C(=O)c1cc3ccccc3[nH]1)CC2. The highest BCUT2D eigenvalue weighted by Crippen LogP contribution is 2.51. The van der Waals surface area contributed by atoms with Crippen LogP contribution in [0.25, 0.3) is 10.9 Å². The molecule has 1 saturated carbocycles. The first kappa shape index (κ1) is 15.7. The quantitative estimate of drug-likeness (QED) is 0.910. The second-order valence-electron chi connectivity index (χ2n) is 6.99. The zero-order valence-corrected chi connectivity index (χ0v) is 14.0. The van der Waals surface area contributed by atoms with Crippen molar-refractivity contribution in [2.24, 2.45) is 5.41 Å². The second-order valence-corrected chi connectivity index (χ2v) is 6.99. The minimum Gasteiger partial charge on any atom is -0.392 e. The summed E-state index contributed by atoms with van der Waals surface area (Å²) in [5.41, 5.74) is 1.48. The molecule has 24 heavy (non-hydrogen) atoms. The number of nitrogens with zero attached hydrogens (tertiary/aromatic N) is 1. The van der Waals surface area contributed by atoms with E-state index in [4.69, 9.17) is 4.74 Å². The van der Waals surface area contributed by atoms with Gasteiger partial charge in [0.15, 0.2) is 0 Å². The Labute approximate surface area is 141 Å². The molecule has 4 rings (SSSR count). The summed E-state index contributed by atoms with van der Waals surface area (Å²) >= 11 is 0. The number of carbonyl (C=O) groups excluding carboxylic acids is 1. The predicted octanol–water partition coefficient (Wildman–Crippen LogP) is 2.56. The normalized spacial score (nSPS) is 25.8. The fraction of sp³-hybridized carbons (Fsp3) is 0.526. The highest BCUT2D eigenvalue weighted by molar-refractivity contribution is 5.98. The third-order valence-electron chi connectivity index (χ3n) is 5.85. The summed E-state index contributed by atoms with van der Waals surface area (Å²) in [4.78, 5) is 17.9. The van der Waals surface area contributed by atoms with Gasteiger partial charge in [-0.15, -0.1) is 0 Å². The number of piperidine rings is 1. The number of carbonyl (C=O) groups is 1. The lowest BCUT2D eigenvalue weighted by molar-refractivity contribution is -0.207. The van der Waals surface area contributed by atoms with Gasteiger partial charge in [0, 0.05) is 42.4 Å². The first-order chi connectivity index (χ1) is 11.6. The molecular weight excluding hydrogens is 304 g/mol. The minimum atomic E-state index is -0.292. The summed E-state index contributed by atoms with van der Waals surface area (Å²) in [6.07, 6.45) is 2.20. The Hall–Kier alpha value is -1.85. The van der Waals surface area contributed by atoms with E-state index in [0.717, 1.165) is 30.2 Å². The van der Waals surface area contributed by atoms with Crippen LogP contribution in [0.3, 0.4) is 0 Å². The zero-order chi connectivity index (χ0) is 16.7. The largest absolute Gasteiger partial charge is 0.392 e. The average molecular weight is 328 g/mol. The maximum Gasteiger partial charge on any atom is 0.270 e. The Balaban J connectivity index is 1.46. The third kappa shape index (κ3) is 2.34. The predicted molar refractivity (Wildman–Crippen MR) is 91.9 cm³/mol. The number of fused-ring (bicyclic) bond motifs is 1. The summed E-state index contributed by atoms with van der Waals surface area (Å²) in [6, 6.07) is 9.84. The van der Waals surface area contributed by atoms with Gasteiger partial charge in [-0.25, -0.2) is 0 Å². The number of H-pyrrole nitrogens is 1. The molecule has 1 amide bonds. The van der Waals surface area contributed by atoms with E-state index in [1.165, 1.54) is 0 Å². The Morgan fingerprint density at radius 1 is 1.38 bits per heavy atom. The van der Waals surface area contributed by atoms with Crippen LogP contribution in [0.1, 0.15) is 36.7 Å². The second kappa shape index (κ2) is 5.90. The van der Waals surface area contributed by atoms with E-state index >= 15 is 0 Å².